The van der Waals surface area contributed by atoms with Crippen LogP contribution in [0, 0.1) is 0 Å². The monoisotopic (exact) mass is 505 g/mol. The first-order valence-corrected chi connectivity index (χ1v) is 10.8. The van der Waals surface area contributed by atoms with Gasteiger partial charge in [-0.2, -0.15) is 26.3 Å². The molecule has 0 aliphatic heterocycles. The molecule has 0 unspecified atom stereocenters. The summed E-state index contributed by atoms with van der Waals surface area (Å²) in [5.74, 6) is -1.58. The van der Waals surface area contributed by atoms with Crippen molar-refractivity contribution in [1.82, 2.24) is 14.4 Å². The lowest BCUT2D eigenvalue weighted by Crippen LogP contribution is -2.45. The number of hydrogen-bond acceptors (Lipinski definition) is 3. The minimum Gasteiger partial charge on any atom is -0.383 e. The van der Waals surface area contributed by atoms with Crippen LogP contribution in [0.3, 0.4) is 0 Å². The first kappa shape index (κ1) is 26.6. The first-order valence-electron chi connectivity index (χ1n) is 10.8. The second-order valence-electron chi connectivity index (χ2n) is 8.38. The molecule has 3 rings (SSSR count). The lowest BCUT2D eigenvalue weighted by atomic mass is 10.0. The van der Waals surface area contributed by atoms with Crippen LogP contribution in [0.25, 0.3) is 0 Å². The third-order valence-corrected chi connectivity index (χ3v) is 5.70. The van der Waals surface area contributed by atoms with Crippen molar-refractivity contribution in [3.05, 3.63) is 58.9 Å². The zero-order valence-corrected chi connectivity index (χ0v) is 19.1. The normalized spacial score (nSPS) is 14.2. The molecule has 1 aliphatic rings. The lowest BCUT2D eigenvalue weighted by Gasteiger charge is -2.28. The molecule has 1 fully saturated rings. The van der Waals surface area contributed by atoms with E-state index in [0.29, 0.717) is 12.1 Å². The van der Waals surface area contributed by atoms with Crippen LogP contribution in [0.5, 0.6) is 0 Å². The van der Waals surface area contributed by atoms with E-state index in [9.17, 15) is 35.9 Å². The Bertz CT molecular complexity index is 1030. The molecule has 1 heterocycles. The molecular weight excluding hydrogens is 480 g/mol. The molecule has 0 N–H and O–H groups in total. The quantitative estimate of drug-likeness (QED) is 0.477. The highest BCUT2D eigenvalue weighted by atomic mass is 19.4. The van der Waals surface area contributed by atoms with Crippen molar-refractivity contribution in [2.24, 2.45) is 7.05 Å². The number of rotatable bonds is 9. The maximum atomic E-state index is 13.3. The van der Waals surface area contributed by atoms with Gasteiger partial charge >= 0.3 is 12.4 Å². The number of halogens is 6. The average Bonchev–Trinajstić information content (AvgIpc) is 3.54. The van der Waals surface area contributed by atoms with E-state index in [2.05, 4.69) is 0 Å². The number of hydrogen-bond donors (Lipinski definition) is 0. The number of aromatic nitrogens is 1. The van der Waals surface area contributed by atoms with E-state index < -0.39 is 47.4 Å². The van der Waals surface area contributed by atoms with E-state index in [4.69, 9.17) is 4.74 Å². The second kappa shape index (κ2) is 10.3. The standard InChI is InChI=1S/C23H25F6N3O3/c1-30-7-3-4-19(30)13-32(18-5-6-18)20(33)14-31(8-9-35-2)21(34)15-10-16(22(24,25)26)12-17(11-15)23(27,28)29/h3-4,7,10-12,18H,5-6,8-9,13-14H2,1-2H3. The van der Waals surface area contributed by atoms with Crippen LogP contribution >= 0.6 is 0 Å². The van der Waals surface area contributed by atoms with Crippen molar-refractivity contribution < 1.29 is 40.7 Å². The largest absolute Gasteiger partial charge is 0.416 e. The number of ether oxygens (including phenoxy) is 1. The molecule has 1 aromatic heterocycles. The molecule has 0 atom stereocenters. The van der Waals surface area contributed by atoms with E-state index in [1.807, 2.05) is 29.9 Å². The van der Waals surface area contributed by atoms with Gasteiger partial charge in [-0.3, -0.25) is 9.59 Å². The molecule has 35 heavy (non-hydrogen) atoms. The van der Waals surface area contributed by atoms with Crippen LogP contribution in [0.1, 0.15) is 40.0 Å². The van der Waals surface area contributed by atoms with Crippen molar-refractivity contribution in [3.8, 4) is 0 Å². The fraction of sp³-hybridized carbons (Fsp3) is 0.478. The van der Waals surface area contributed by atoms with Crippen LogP contribution < -0.4 is 0 Å². The highest BCUT2D eigenvalue weighted by molar-refractivity contribution is 5.97. The van der Waals surface area contributed by atoms with Gasteiger partial charge in [-0.15, -0.1) is 0 Å². The van der Waals surface area contributed by atoms with Crippen LogP contribution in [0.4, 0.5) is 26.3 Å². The Hall–Kier alpha value is -3.02. The van der Waals surface area contributed by atoms with E-state index in [0.717, 1.165) is 23.4 Å². The number of methoxy groups -OCH3 is 1. The predicted octanol–water partition coefficient (Wildman–Crippen LogP) is 4.34. The fourth-order valence-electron chi connectivity index (χ4n) is 3.61. The van der Waals surface area contributed by atoms with Crippen LogP contribution in [-0.4, -0.2) is 59.0 Å². The molecule has 12 heteroatoms. The smallest absolute Gasteiger partial charge is 0.383 e. The summed E-state index contributed by atoms with van der Waals surface area (Å²) in [7, 11) is 3.13. The molecule has 1 saturated carbocycles. The molecule has 0 spiro atoms. The summed E-state index contributed by atoms with van der Waals surface area (Å²) in [6, 6.07) is 4.29. The van der Waals surface area contributed by atoms with Gasteiger partial charge in [-0.25, -0.2) is 0 Å². The zero-order chi connectivity index (χ0) is 26.0. The van der Waals surface area contributed by atoms with Gasteiger partial charge in [-0.05, 0) is 43.2 Å². The molecule has 192 valence electrons. The van der Waals surface area contributed by atoms with E-state index in [1.54, 1.807) is 4.90 Å². The number of nitrogens with zero attached hydrogens (tertiary/aromatic N) is 3. The molecule has 0 bridgehead atoms. The summed E-state index contributed by atoms with van der Waals surface area (Å²) in [6.07, 6.45) is -6.84. The highest BCUT2D eigenvalue weighted by Gasteiger charge is 2.39. The van der Waals surface area contributed by atoms with Gasteiger partial charge in [-0.1, -0.05) is 0 Å². The van der Waals surface area contributed by atoms with Gasteiger partial charge in [0.05, 0.1) is 24.3 Å². The van der Waals surface area contributed by atoms with Gasteiger partial charge in [0.15, 0.2) is 0 Å². The predicted molar refractivity (Wildman–Crippen MR) is 113 cm³/mol. The van der Waals surface area contributed by atoms with Gasteiger partial charge in [0.1, 0.15) is 6.54 Å². The van der Waals surface area contributed by atoms with Crippen molar-refractivity contribution in [3.63, 3.8) is 0 Å². The van der Waals surface area contributed by atoms with Crippen molar-refractivity contribution in [1.29, 1.82) is 0 Å². The van der Waals surface area contributed by atoms with Crippen LogP contribution in [-0.2, 0) is 35.5 Å². The van der Waals surface area contributed by atoms with E-state index >= 15 is 0 Å². The van der Waals surface area contributed by atoms with E-state index in [1.165, 1.54) is 7.11 Å². The van der Waals surface area contributed by atoms with Crippen molar-refractivity contribution in [2.45, 2.75) is 37.8 Å². The Labute approximate surface area is 198 Å². The average molecular weight is 505 g/mol. The van der Waals surface area contributed by atoms with Gasteiger partial charge in [0, 0.05) is 44.2 Å². The number of carbonyl (C=O) groups is 2. The molecule has 0 saturated heterocycles. The minimum atomic E-state index is -5.10. The number of aryl methyl sites for hydroxylation is 1. The number of alkyl halides is 6. The molecule has 1 aromatic carbocycles. The summed E-state index contributed by atoms with van der Waals surface area (Å²) in [5.41, 5.74) is -3.17. The topological polar surface area (TPSA) is 54.8 Å². The summed E-state index contributed by atoms with van der Waals surface area (Å²) in [6.45, 7) is -0.505. The molecule has 2 amide bonds. The second-order valence-corrected chi connectivity index (χ2v) is 8.38. The summed E-state index contributed by atoms with van der Waals surface area (Å²) in [5, 5.41) is 0. The third kappa shape index (κ3) is 6.77. The summed E-state index contributed by atoms with van der Waals surface area (Å²) >= 11 is 0. The van der Waals surface area contributed by atoms with Crippen LogP contribution in [0.2, 0.25) is 0 Å². The van der Waals surface area contributed by atoms with Gasteiger partial charge in [0.25, 0.3) is 5.91 Å². The maximum absolute atomic E-state index is 13.3. The molecular formula is C23H25F6N3O3. The maximum Gasteiger partial charge on any atom is 0.416 e. The third-order valence-electron chi connectivity index (χ3n) is 5.70. The Morgan fingerprint density at radius 3 is 2.11 bits per heavy atom. The number of amides is 2. The van der Waals surface area contributed by atoms with Crippen molar-refractivity contribution >= 4 is 11.8 Å². The molecule has 0 radical (unpaired) electrons. The van der Waals surface area contributed by atoms with E-state index in [-0.39, 0.29) is 31.8 Å². The van der Waals surface area contributed by atoms with Crippen LogP contribution in [0.15, 0.2) is 36.5 Å². The lowest BCUT2D eigenvalue weighted by molar-refractivity contribution is -0.143. The Kier molecular flexibility index (Phi) is 7.83. The number of benzene rings is 1. The molecule has 1 aliphatic carbocycles. The van der Waals surface area contributed by atoms with Gasteiger partial charge in [0.2, 0.25) is 5.91 Å². The number of carbonyl (C=O) groups excluding carboxylic acids is 2. The SMILES string of the molecule is COCCN(CC(=O)N(Cc1cccn1C)C1CC1)C(=O)c1cc(C(F)(F)F)cc(C(F)(F)F)c1. The molecule has 2 aromatic rings. The summed E-state index contributed by atoms with van der Waals surface area (Å²) in [4.78, 5) is 28.7. The summed E-state index contributed by atoms with van der Waals surface area (Å²) < 4.78 is 86.3. The van der Waals surface area contributed by atoms with Gasteiger partial charge < -0.3 is 19.1 Å². The Balaban J connectivity index is 1.89. The Morgan fingerprint density at radius 1 is 1.06 bits per heavy atom. The first-order chi connectivity index (χ1) is 16.3. The van der Waals surface area contributed by atoms with Crippen molar-refractivity contribution in [2.75, 3.05) is 26.8 Å². The fourth-order valence-corrected chi connectivity index (χ4v) is 3.61. The highest BCUT2D eigenvalue weighted by Crippen LogP contribution is 2.36. The molecule has 6 nitrogen and oxygen atoms in total. The zero-order valence-electron chi connectivity index (χ0n) is 19.1. The Morgan fingerprint density at radius 2 is 1.66 bits per heavy atom. The minimum absolute atomic E-state index is 0.0397.